The summed E-state index contributed by atoms with van der Waals surface area (Å²) in [5.41, 5.74) is -1.52. The van der Waals surface area contributed by atoms with Crippen LogP contribution in [0.25, 0.3) is 0 Å². The normalized spacial score (nSPS) is 24.6. The third-order valence-electron chi connectivity index (χ3n) is 4.65. The summed E-state index contributed by atoms with van der Waals surface area (Å²) < 4.78 is 45.9. The van der Waals surface area contributed by atoms with Crippen molar-refractivity contribution >= 4 is 39.2 Å². The Hall–Kier alpha value is -1.94. The molecule has 190 valence electrons. The monoisotopic (exact) mass is 546 g/mol. The van der Waals surface area contributed by atoms with E-state index in [9.17, 15) is 33.2 Å². The number of methoxy groups -OCH3 is 1. The summed E-state index contributed by atoms with van der Waals surface area (Å²) in [6, 6.07) is 1.05. The summed E-state index contributed by atoms with van der Waals surface area (Å²) in [5, 5.41) is 19.7. The lowest BCUT2D eigenvalue weighted by Crippen LogP contribution is -2.39. The molecule has 0 radical (unpaired) electrons. The van der Waals surface area contributed by atoms with Gasteiger partial charge < -0.3 is 24.6 Å². The molecule has 0 amide bonds. The van der Waals surface area contributed by atoms with Gasteiger partial charge in [-0.1, -0.05) is 0 Å². The van der Waals surface area contributed by atoms with E-state index in [-0.39, 0.29) is 0 Å². The number of nitrogens with zero attached hydrogens (tertiary/aromatic N) is 1. The SMILES string of the molecule is CO[C@H]1C(O[P+](=O)S)C(COP(=O)(O)NCCC(C(=O)O)C(=O)O)O[C@H]1n1ccc(=O)[nH]c1=O. The maximum Gasteiger partial charge on any atom is 0.582 e. The van der Waals surface area contributed by atoms with Crippen molar-refractivity contribution in [2.24, 2.45) is 5.92 Å². The molecule has 6 atom stereocenters. The fourth-order valence-electron chi connectivity index (χ4n) is 3.10. The lowest BCUT2D eigenvalue weighted by atomic mass is 10.1. The van der Waals surface area contributed by atoms with E-state index in [1.165, 1.54) is 7.11 Å². The molecule has 1 saturated heterocycles. The standard InChI is InChI=1S/C15H21N3O13P2S/c1-28-11-10(31-32(25)34)8(30-12(11)18-5-3-9(19)17-15(18)24)6-29-33(26,27)16-4-2-7(13(20)21)14(22)23/h3,5,7-8,10-12H,2,4,6H2,1H3,(H5-,16,17,19,20,21,22,23,24,25,26,27,34)/p+1/t8?,10?,11-,12+/m0/s1. The second kappa shape index (κ2) is 12.2. The molecule has 1 fully saturated rings. The van der Waals surface area contributed by atoms with Gasteiger partial charge in [-0.25, -0.2) is 14.4 Å². The Labute approximate surface area is 196 Å². The molecule has 1 aromatic rings. The first kappa shape index (κ1) is 28.3. The summed E-state index contributed by atoms with van der Waals surface area (Å²) in [7, 11) is -5.85. The quantitative estimate of drug-likeness (QED) is 0.102. The van der Waals surface area contributed by atoms with Crippen LogP contribution in [0.3, 0.4) is 0 Å². The van der Waals surface area contributed by atoms with E-state index in [2.05, 4.69) is 12.2 Å². The van der Waals surface area contributed by atoms with Gasteiger partial charge in [0.15, 0.2) is 18.2 Å². The van der Waals surface area contributed by atoms with Crippen LogP contribution in [0.2, 0.25) is 0 Å². The molecule has 5 N–H and O–H groups in total. The van der Waals surface area contributed by atoms with Crippen molar-refractivity contribution in [1.82, 2.24) is 14.6 Å². The Morgan fingerprint density at radius 2 is 2.00 bits per heavy atom. The van der Waals surface area contributed by atoms with Crippen LogP contribution in [0, 0.1) is 5.92 Å². The number of thiol groups is 1. The van der Waals surface area contributed by atoms with Crippen molar-refractivity contribution in [2.45, 2.75) is 31.0 Å². The minimum atomic E-state index is -4.58. The van der Waals surface area contributed by atoms with Gasteiger partial charge in [0.05, 0.1) is 6.61 Å². The van der Waals surface area contributed by atoms with E-state index in [0.29, 0.717) is 0 Å². The minimum Gasteiger partial charge on any atom is -0.481 e. The van der Waals surface area contributed by atoms with E-state index >= 15 is 0 Å². The highest BCUT2D eigenvalue weighted by molar-refractivity contribution is 8.39. The molecule has 0 aromatic carbocycles. The van der Waals surface area contributed by atoms with Crippen molar-refractivity contribution in [1.29, 1.82) is 0 Å². The van der Waals surface area contributed by atoms with Crippen molar-refractivity contribution in [2.75, 3.05) is 20.3 Å². The van der Waals surface area contributed by atoms with Crippen LogP contribution in [0.1, 0.15) is 12.6 Å². The number of H-pyrrole nitrogens is 1. The molecule has 0 spiro atoms. The van der Waals surface area contributed by atoms with Crippen molar-refractivity contribution in [3.05, 3.63) is 33.1 Å². The number of rotatable bonds is 13. The Morgan fingerprint density at radius 1 is 1.35 bits per heavy atom. The molecular formula is C15H22N3O13P2S+. The number of aromatic nitrogens is 2. The van der Waals surface area contributed by atoms with Gasteiger partial charge in [0.1, 0.15) is 24.5 Å². The van der Waals surface area contributed by atoms with E-state index in [1.807, 2.05) is 10.1 Å². The zero-order chi connectivity index (χ0) is 25.6. The van der Waals surface area contributed by atoms with Gasteiger partial charge in [0, 0.05) is 25.9 Å². The zero-order valence-electron chi connectivity index (χ0n) is 17.4. The summed E-state index contributed by atoms with van der Waals surface area (Å²) in [6.07, 6.45) is -4.09. The van der Waals surface area contributed by atoms with Gasteiger partial charge in [-0.2, -0.15) is 0 Å². The summed E-state index contributed by atoms with van der Waals surface area (Å²) >= 11 is 3.67. The molecule has 0 bridgehead atoms. The van der Waals surface area contributed by atoms with Gasteiger partial charge in [0.2, 0.25) is 0 Å². The average molecular weight is 546 g/mol. The molecule has 1 aliphatic heterocycles. The number of hydrogen-bond donors (Lipinski definition) is 6. The van der Waals surface area contributed by atoms with Gasteiger partial charge >= 0.3 is 32.6 Å². The average Bonchev–Trinajstić information content (AvgIpc) is 3.05. The number of aliphatic carboxylic acids is 2. The molecule has 2 heterocycles. The molecule has 4 unspecified atom stereocenters. The molecule has 19 heteroatoms. The highest BCUT2D eigenvalue weighted by Gasteiger charge is 2.51. The van der Waals surface area contributed by atoms with Crippen LogP contribution in [0.4, 0.5) is 0 Å². The molecule has 2 rings (SSSR count). The fraction of sp³-hybridized carbons (Fsp3) is 0.600. The van der Waals surface area contributed by atoms with Gasteiger partial charge in [0.25, 0.3) is 5.56 Å². The highest BCUT2D eigenvalue weighted by atomic mass is 32.7. The molecule has 1 aromatic heterocycles. The van der Waals surface area contributed by atoms with Crippen molar-refractivity contribution < 1.29 is 52.3 Å². The Bertz CT molecular complexity index is 1060. The first-order valence-corrected chi connectivity index (χ1v) is 13.3. The van der Waals surface area contributed by atoms with E-state index in [4.69, 9.17) is 28.7 Å². The number of aromatic amines is 1. The second-order valence-electron chi connectivity index (χ2n) is 6.83. The third kappa shape index (κ3) is 7.53. The first-order chi connectivity index (χ1) is 15.9. The smallest absolute Gasteiger partial charge is 0.481 e. The maximum absolute atomic E-state index is 12.2. The van der Waals surface area contributed by atoms with Crippen LogP contribution in [0.5, 0.6) is 0 Å². The van der Waals surface area contributed by atoms with Gasteiger partial charge in [-0.3, -0.25) is 28.5 Å². The van der Waals surface area contributed by atoms with Gasteiger partial charge in [-0.15, -0.1) is 4.52 Å². The molecule has 0 saturated carbocycles. The summed E-state index contributed by atoms with van der Waals surface area (Å²) in [6.45, 7) is -1.14. The molecule has 0 aliphatic carbocycles. The number of hydrogen-bond acceptors (Lipinski definition) is 10. The second-order valence-corrected chi connectivity index (χ2v) is 10.1. The lowest BCUT2D eigenvalue weighted by Gasteiger charge is -2.20. The molecule has 34 heavy (non-hydrogen) atoms. The van der Waals surface area contributed by atoms with E-state index in [0.717, 1.165) is 16.8 Å². The van der Waals surface area contributed by atoms with Crippen molar-refractivity contribution in [3.8, 4) is 0 Å². The first-order valence-electron chi connectivity index (χ1n) is 9.37. The summed E-state index contributed by atoms with van der Waals surface area (Å²) in [4.78, 5) is 57.2. The zero-order valence-corrected chi connectivity index (χ0v) is 20.1. The van der Waals surface area contributed by atoms with Crippen LogP contribution < -0.4 is 16.3 Å². The molecule has 16 nitrogen and oxygen atoms in total. The maximum atomic E-state index is 12.2. The van der Waals surface area contributed by atoms with Crippen molar-refractivity contribution in [3.63, 3.8) is 0 Å². The Balaban J connectivity index is 2.12. The Morgan fingerprint density at radius 3 is 2.53 bits per heavy atom. The molecular weight excluding hydrogens is 524 g/mol. The van der Waals surface area contributed by atoms with E-state index in [1.54, 1.807) is 0 Å². The lowest BCUT2D eigenvalue weighted by molar-refractivity contribution is -0.154. The van der Waals surface area contributed by atoms with Gasteiger partial charge in [-0.05, 0) is 11.0 Å². The topological polar surface area (TPSA) is 233 Å². The number of carbonyl (C=O) groups is 2. The van der Waals surface area contributed by atoms with Crippen LogP contribution >= 0.6 is 27.2 Å². The number of ether oxygens (including phenoxy) is 2. The number of carboxylic acid groups (broad SMARTS) is 2. The van der Waals surface area contributed by atoms with Crippen LogP contribution in [-0.2, 0) is 37.2 Å². The predicted octanol–water partition coefficient (Wildman–Crippen LogP) is -0.696. The third-order valence-corrected chi connectivity index (χ3v) is 6.48. The van der Waals surface area contributed by atoms with E-state index < -0.39 is 88.2 Å². The number of carboxylic acids is 2. The van der Waals surface area contributed by atoms with Crippen LogP contribution in [0.15, 0.2) is 21.9 Å². The highest BCUT2D eigenvalue weighted by Crippen LogP contribution is 2.43. The Kier molecular flexibility index (Phi) is 10.1. The number of nitrogens with one attached hydrogen (secondary N) is 2. The molecule has 1 aliphatic rings. The largest absolute Gasteiger partial charge is 0.582 e. The van der Waals surface area contributed by atoms with Crippen LogP contribution in [-0.4, -0.2) is 75.2 Å². The summed E-state index contributed by atoms with van der Waals surface area (Å²) in [5.74, 6) is -5.02. The fourth-order valence-corrected chi connectivity index (χ4v) is 4.74. The minimum absolute atomic E-state index is 0.485. The predicted molar refractivity (Wildman–Crippen MR) is 115 cm³/mol.